The van der Waals surface area contributed by atoms with E-state index in [4.69, 9.17) is 0 Å². The topological polar surface area (TPSA) is 0 Å². The summed E-state index contributed by atoms with van der Waals surface area (Å²) < 4.78 is 0. The first-order chi connectivity index (χ1) is 7.00. The minimum atomic E-state index is 1.07. The van der Waals surface area contributed by atoms with Crippen LogP contribution in [-0.2, 0) is 0 Å². The second-order valence-corrected chi connectivity index (χ2v) is 3.37. The van der Waals surface area contributed by atoms with Gasteiger partial charge >= 0.3 is 0 Å². The van der Waals surface area contributed by atoms with E-state index >= 15 is 0 Å². The molecule has 0 saturated carbocycles. The first-order valence-electron chi connectivity index (χ1n) is 5.43. The van der Waals surface area contributed by atoms with Crippen molar-refractivity contribution in [3.05, 3.63) is 55.0 Å². The summed E-state index contributed by atoms with van der Waals surface area (Å²) in [4.78, 5) is 0. The molecule has 0 spiro atoms. The van der Waals surface area contributed by atoms with Gasteiger partial charge in [-0.15, -0.1) is 0 Å². The molecule has 0 N–H and O–H groups in total. The van der Waals surface area contributed by atoms with Gasteiger partial charge in [0.2, 0.25) is 0 Å². The molecule has 1 aliphatic carbocycles. The van der Waals surface area contributed by atoms with Crippen molar-refractivity contribution in [2.45, 2.75) is 32.1 Å². The summed E-state index contributed by atoms with van der Waals surface area (Å²) >= 11 is 0. The van der Waals surface area contributed by atoms with E-state index < -0.39 is 0 Å². The first kappa shape index (κ1) is 11.0. The Bertz CT molecular complexity index is 228. The minimum absolute atomic E-state index is 1.07. The Labute approximate surface area is 87.7 Å². The molecule has 0 amide bonds. The standard InChI is InChI=1S/C14H19/c1-2-4-6-8-10-12-14-13-11-9-7-5-3-1/h1-4,7,10-13H,5-6,8-9,14H2/b3-1-,4-2+,12-10+,13-11+. The Morgan fingerprint density at radius 3 is 2.14 bits per heavy atom. The van der Waals surface area contributed by atoms with Crippen molar-refractivity contribution in [2.24, 2.45) is 0 Å². The molecule has 1 radical (unpaired) electrons. The Morgan fingerprint density at radius 1 is 0.500 bits per heavy atom. The van der Waals surface area contributed by atoms with Crippen LogP contribution in [0.25, 0.3) is 0 Å². The average molecular weight is 187 g/mol. The first-order valence-corrected chi connectivity index (χ1v) is 5.43. The Morgan fingerprint density at radius 2 is 1.14 bits per heavy atom. The Hall–Kier alpha value is -1.04. The largest absolute Gasteiger partial charge is 0.0879 e. The van der Waals surface area contributed by atoms with Crippen molar-refractivity contribution < 1.29 is 0 Å². The lowest BCUT2D eigenvalue weighted by molar-refractivity contribution is 1.04. The van der Waals surface area contributed by atoms with Crippen LogP contribution >= 0.6 is 0 Å². The van der Waals surface area contributed by atoms with Crippen LogP contribution in [0.1, 0.15) is 32.1 Å². The van der Waals surface area contributed by atoms with Crippen molar-refractivity contribution in [1.82, 2.24) is 0 Å². The van der Waals surface area contributed by atoms with Gasteiger partial charge in [0, 0.05) is 0 Å². The molecule has 0 saturated heterocycles. The van der Waals surface area contributed by atoms with Gasteiger partial charge in [-0.2, -0.15) is 0 Å². The third kappa shape index (κ3) is 6.47. The monoisotopic (exact) mass is 187 g/mol. The fourth-order valence-electron chi connectivity index (χ4n) is 1.30. The minimum Gasteiger partial charge on any atom is -0.0879 e. The summed E-state index contributed by atoms with van der Waals surface area (Å²) in [6, 6.07) is 0. The van der Waals surface area contributed by atoms with E-state index in [-0.39, 0.29) is 0 Å². The highest BCUT2D eigenvalue weighted by atomic mass is 13.9. The fraction of sp³-hybridized carbons (Fsp3) is 0.357. The molecule has 0 heteroatoms. The molecule has 0 aromatic heterocycles. The van der Waals surface area contributed by atoms with Crippen molar-refractivity contribution in [1.29, 1.82) is 0 Å². The maximum absolute atomic E-state index is 2.29. The van der Waals surface area contributed by atoms with Gasteiger partial charge in [0.15, 0.2) is 0 Å². The SMILES string of the molecule is [CH]1C/C=C\C=C\CC/C=C/C/C=C/C1. The molecule has 1 aliphatic rings. The second-order valence-electron chi connectivity index (χ2n) is 3.37. The van der Waals surface area contributed by atoms with E-state index in [0.717, 1.165) is 32.1 Å². The van der Waals surface area contributed by atoms with Crippen molar-refractivity contribution >= 4 is 0 Å². The highest BCUT2D eigenvalue weighted by Gasteiger charge is 1.81. The van der Waals surface area contributed by atoms with E-state index in [2.05, 4.69) is 55.0 Å². The summed E-state index contributed by atoms with van der Waals surface area (Å²) in [5.74, 6) is 0. The van der Waals surface area contributed by atoms with Crippen LogP contribution in [0, 0.1) is 6.42 Å². The summed E-state index contributed by atoms with van der Waals surface area (Å²) in [6.07, 6.45) is 25.5. The molecule has 0 nitrogen and oxygen atoms in total. The van der Waals surface area contributed by atoms with E-state index in [1.165, 1.54) is 0 Å². The highest BCUT2D eigenvalue weighted by molar-refractivity contribution is 5.05. The van der Waals surface area contributed by atoms with Gasteiger partial charge in [0.25, 0.3) is 0 Å². The molecule has 14 heavy (non-hydrogen) atoms. The number of hydrogen-bond donors (Lipinski definition) is 0. The van der Waals surface area contributed by atoms with Crippen LogP contribution < -0.4 is 0 Å². The van der Waals surface area contributed by atoms with Crippen LogP contribution in [0.3, 0.4) is 0 Å². The molecule has 0 aliphatic heterocycles. The quantitative estimate of drug-likeness (QED) is 0.494. The van der Waals surface area contributed by atoms with Gasteiger partial charge < -0.3 is 0 Å². The van der Waals surface area contributed by atoms with Gasteiger partial charge in [-0.25, -0.2) is 0 Å². The van der Waals surface area contributed by atoms with Crippen LogP contribution in [-0.4, -0.2) is 0 Å². The van der Waals surface area contributed by atoms with E-state index in [0.29, 0.717) is 0 Å². The number of rotatable bonds is 0. The number of allylic oxidation sites excluding steroid dienone is 8. The molecule has 75 valence electrons. The third-order valence-corrected chi connectivity index (χ3v) is 2.09. The Kier molecular flexibility index (Phi) is 6.74. The van der Waals surface area contributed by atoms with Crippen molar-refractivity contribution in [3.8, 4) is 0 Å². The second kappa shape index (κ2) is 8.55. The maximum Gasteiger partial charge on any atom is -0.0169 e. The van der Waals surface area contributed by atoms with Crippen LogP contribution in [0.2, 0.25) is 0 Å². The summed E-state index contributed by atoms with van der Waals surface area (Å²) in [7, 11) is 0. The molecule has 0 atom stereocenters. The van der Waals surface area contributed by atoms with E-state index in [1.54, 1.807) is 0 Å². The molecule has 1 rings (SSSR count). The lowest BCUT2D eigenvalue weighted by Gasteiger charge is -1.91. The van der Waals surface area contributed by atoms with Crippen LogP contribution in [0.4, 0.5) is 0 Å². The molecule has 0 fully saturated rings. The Balaban J connectivity index is 2.34. The average Bonchev–Trinajstić information content (AvgIpc) is 2.22. The normalized spacial score (nSPS) is 28.6. The predicted molar refractivity (Wildman–Crippen MR) is 63.9 cm³/mol. The predicted octanol–water partition coefficient (Wildman–Crippen LogP) is 4.38. The molecular weight excluding hydrogens is 168 g/mol. The van der Waals surface area contributed by atoms with Gasteiger partial charge in [-0.1, -0.05) is 48.6 Å². The smallest absolute Gasteiger partial charge is 0.0169 e. The van der Waals surface area contributed by atoms with Gasteiger partial charge in [-0.05, 0) is 38.5 Å². The van der Waals surface area contributed by atoms with E-state index in [1.807, 2.05) is 0 Å². The third-order valence-electron chi connectivity index (χ3n) is 2.09. The van der Waals surface area contributed by atoms with Crippen molar-refractivity contribution in [2.75, 3.05) is 0 Å². The molecule has 0 aromatic rings. The molecule has 0 bridgehead atoms. The molecule has 0 aromatic carbocycles. The van der Waals surface area contributed by atoms with Gasteiger partial charge in [0.05, 0.1) is 0 Å². The summed E-state index contributed by atoms with van der Waals surface area (Å²) in [5.41, 5.74) is 0. The number of hydrogen-bond acceptors (Lipinski definition) is 0. The van der Waals surface area contributed by atoms with Crippen LogP contribution in [0.5, 0.6) is 0 Å². The van der Waals surface area contributed by atoms with Gasteiger partial charge in [-0.3, -0.25) is 0 Å². The molecule has 0 heterocycles. The molecular formula is C14H19. The zero-order valence-corrected chi connectivity index (χ0v) is 8.73. The highest BCUT2D eigenvalue weighted by Crippen LogP contribution is 2.01. The van der Waals surface area contributed by atoms with Crippen molar-refractivity contribution in [3.63, 3.8) is 0 Å². The zero-order valence-electron chi connectivity index (χ0n) is 8.73. The van der Waals surface area contributed by atoms with E-state index in [9.17, 15) is 0 Å². The lowest BCUT2D eigenvalue weighted by atomic mass is 10.2. The van der Waals surface area contributed by atoms with Crippen LogP contribution in [0.15, 0.2) is 48.6 Å². The van der Waals surface area contributed by atoms with Gasteiger partial charge in [0.1, 0.15) is 0 Å². The zero-order chi connectivity index (χ0) is 9.90. The fourth-order valence-corrected chi connectivity index (χ4v) is 1.30. The summed E-state index contributed by atoms with van der Waals surface area (Å²) in [5, 5.41) is 0. The lowest BCUT2D eigenvalue weighted by Crippen LogP contribution is -1.72. The summed E-state index contributed by atoms with van der Waals surface area (Å²) in [6.45, 7) is 0. The molecule has 0 unspecified atom stereocenters. The maximum atomic E-state index is 2.29.